The van der Waals surface area contributed by atoms with E-state index in [0.29, 0.717) is 22.8 Å². The third kappa shape index (κ3) is 3.11. The number of aromatic nitrogens is 1. The molecular formula is C17H16N2O4. The Morgan fingerprint density at radius 2 is 2.17 bits per heavy atom. The van der Waals surface area contributed by atoms with E-state index in [9.17, 15) is 4.79 Å². The standard InChI is InChI=1S/C17H16N2O4/c1-11-15(10-19-17(20)21-2)23-14-7-3-6-13(16(11)14)22-12-5-4-8-18-9-12/h3-9H,10H2,1-2H3,(H,19,20). The molecule has 0 saturated carbocycles. The maximum atomic E-state index is 11.2. The van der Waals surface area contributed by atoms with E-state index in [2.05, 4.69) is 15.0 Å². The minimum absolute atomic E-state index is 0.250. The minimum atomic E-state index is -0.503. The SMILES string of the molecule is COC(=O)NCc1oc2cccc(Oc3cccnc3)c2c1C. The van der Waals surface area contributed by atoms with Gasteiger partial charge in [-0.05, 0) is 31.2 Å². The zero-order valence-electron chi connectivity index (χ0n) is 12.8. The van der Waals surface area contributed by atoms with E-state index < -0.39 is 6.09 Å². The summed E-state index contributed by atoms with van der Waals surface area (Å²) in [6, 6.07) is 9.23. The zero-order valence-corrected chi connectivity index (χ0v) is 12.8. The second-order valence-corrected chi connectivity index (χ2v) is 4.92. The Hall–Kier alpha value is -3.02. The highest BCUT2D eigenvalue weighted by molar-refractivity contribution is 5.88. The largest absolute Gasteiger partial charge is 0.459 e. The minimum Gasteiger partial charge on any atom is -0.459 e. The van der Waals surface area contributed by atoms with Crippen LogP contribution in [0.15, 0.2) is 47.1 Å². The molecule has 0 bridgehead atoms. The monoisotopic (exact) mass is 312 g/mol. The second kappa shape index (κ2) is 6.39. The number of alkyl carbamates (subject to hydrolysis) is 1. The lowest BCUT2D eigenvalue weighted by atomic mass is 10.1. The molecule has 0 fully saturated rings. The molecule has 2 aromatic heterocycles. The smallest absolute Gasteiger partial charge is 0.407 e. The van der Waals surface area contributed by atoms with Gasteiger partial charge in [-0.2, -0.15) is 0 Å². The summed E-state index contributed by atoms with van der Waals surface area (Å²) in [6.45, 7) is 2.18. The van der Waals surface area contributed by atoms with Gasteiger partial charge in [-0.25, -0.2) is 4.79 Å². The van der Waals surface area contributed by atoms with Gasteiger partial charge in [0.1, 0.15) is 22.8 Å². The summed E-state index contributed by atoms with van der Waals surface area (Å²) in [7, 11) is 1.32. The predicted octanol–water partition coefficient (Wildman–Crippen LogP) is 3.78. The first kappa shape index (κ1) is 14.9. The Morgan fingerprint density at radius 1 is 1.30 bits per heavy atom. The van der Waals surface area contributed by atoms with Crippen LogP contribution < -0.4 is 10.1 Å². The number of rotatable bonds is 4. The number of methoxy groups -OCH3 is 1. The van der Waals surface area contributed by atoms with Gasteiger partial charge in [0.2, 0.25) is 0 Å². The summed E-state index contributed by atoms with van der Waals surface area (Å²) >= 11 is 0. The van der Waals surface area contributed by atoms with E-state index in [-0.39, 0.29) is 6.54 Å². The molecule has 0 saturated heterocycles. The van der Waals surface area contributed by atoms with Crippen molar-refractivity contribution in [2.45, 2.75) is 13.5 Å². The Kier molecular flexibility index (Phi) is 4.14. The predicted molar refractivity (Wildman–Crippen MR) is 84.5 cm³/mol. The van der Waals surface area contributed by atoms with E-state index >= 15 is 0 Å². The van der Waals surface area contributed by atoms with Crippen LogP contribution in [0, 0.1) is 6.92 Å². The van der Waals surface area contributed by atoms with Crippen molar-refractivity contribution in [2.24, 2.45) is 0 Å². The van der Waals surface area contributed by atoms with Crippen molar-refractivity contribution in [1.82, 2.24) is 10.3 Å². The number of ether oxygens (including phenoxy) is 2. The van der Waals surface area contributed by atoms with Crippen LogP contribution in [-0.2, 0) is 11.3 Å². The first-order chi connectivity index (χ1) is 11.2. The number of nitrogens with zero attached hydrogens (tertiary/aromatic N) is 1. The molecule has 3 aromatic rings. The molecule has 0 atom stereocenters. The Morgan fingerprint density at radius 3 is 2.91 bits per heavy atom. The summed E-state index contributed by atoms with van der Waals surface area (Å²) in [5.41, 5.74) is 1.61. The highest BCUT2D eigenvalue weighted by Gasteiger charge is 2.16. The number of fused-ring (bicyclic) bond motifs is 1. The van der Waals surface area contributed by atoms with E-state index in [4.69, 9.17) is 9.15 Å². The normalized spacial score (nSPS) is 10.5. The number of carbonyl (C=O) groups is 1. The van der Waals surface area contributed by atoms with Crippen molar-refractivity contribution < 1.29 is 18.7 Å². The van der Waals surface area contributed by atoms with Crippen LogP contribution in [0.3, 0.4) is 0 Å². The second-order valence-electron chi connectivity index (χ2n) is 4.92. The quantitative estimate of drug-likeness (QED) is 0.793. The molecule has 2 heterocycles. The fourth-order valence-electron chi connectivity index (χ4n) is 2.33. The van der Waals surface area contributed by atoms with Gasteiger partial charge in [-0.15, -0.1) is 0 Å². The average Bonchev–Trinajstić information content (AvgIpc) is 2.91. The molecule has 0 radical (unpaired) electrons. The van der Waals surface area contributed by atoms with Gasteiger partial charge in [-0.3, -0.25) is 4.98 Å². The molecule has 1 N–H and O–H groups in total. The number of carbonyl (C=O) groups excluding carboxylic acids is 1. The van der Waals surface area contributed by atoms with Crippen LogP contribution in [0.4, 0.5) is 4.79 Å². The van der Waals surface area contributed by atoms with Crippen LogP contribution in [0.25, 0.3) is 11.0 Å². The van der Waals surface area contributed by atoms with Gasteiger partial charge in [0.15, 0.2) is 0 Å². The van der Waals surface area contributed by atoms with Crippen LogP contribution >= 0.6 is 0 Å². The number of benzene rings is 1. The first-order valence-electron chi connectivity index (χ1n) is 7.09. The topological polar surface area (TPSA) is 73.6 Å². The van der Waals surface area contributed by atoms with Crippen LogP contribution in [0.5, 0.6) is 11.5 Å². The van der Waals surface area contributed by atoms with Crippen molar-refractivity contribution in [3.05, 3.63) is 54.0 Å². The van der Waals surface area contributed by atoms with Crippen LogP contribution in [0.1, 0.15) is 11.3 Å². The average molecular weight is 312 g/mol. The molecular weight excluding hydrogens is 296 g/mol. The molecule has 1 aromatic carbocycles. The Bertz CT molecular complexity index is 827. The molecule has 0 aliphatic rings. The molecule has 0 aliphatic carbocycles. The van der Waals surface area contributed by atoms with Gasteiger partial charge >= 0.3 is 6.09 Å². The molecule has 0 unspecified atom stereocenters. The van der Waals surface area contributed by atoms with Crippen LogP contribution in [0.2, 0.25) is 0 Å². The van der Waals surface area contributed by atoms with Crippen molar-refractivity contribution >= 4 is 17.1 Å². The summed E-state index contributed by atoms with van der Waals surface area (Å²) < 4.78 is 16.3. The van der Waals surface area contributed by atoms with E-state index in [0.717, 1.165) is 10.9 Å². The van der Waals surface area contributed by atoms with Crippen LogP contribution in [-0.4, -0.2) is 18.2 Å². The fraction of sp³-hybridized carbons (Fsp3) is 0.176. The summed E-state index contributed by atoms with van der Waals surface area (Å²) in [5.74, 6) is 1.99. The summed E-state index contributed by atoms with van der Waals surface area (Å²) in [4.78, 5) is 15.3. The molecule has 3 rings (SSSR count). The number of hydrogen-bond donors (Lipinski definition) is 1. The van der Waals surface area contributed by atoms with Gasteiger partial charge in [0.25, 0.3) is 0 Å². The lowest BCUT2D eigenvalue weighted by Gasteiger charge is -2.06. The number of aryl methyl sites for hydroxylation is 1. The molecule has 23 heavy (non-hydrogen) atoms. The van der Waals surface area contributed by atoms with Crippen molar-refractivity contribution in [3.8, 4) is 11.5 Å². The number of furan rings is 1. The summed E-state index contributed by atoms with van der Waals surface area (Å²) in [6.07, 6.45) is 2.83. The third-order valence-corrected chi connectivity index (χ3v) is 3.46. The highest BCUT2D eigenvalue weighted by atomic mass is 16.5. The number of nitrogens with one attached hydrogen (secondary N) is 1. The highest BCUT2D eigenvalue weighted by Crippen LogP contribution is 2.35. The Balaban J connectivity index is 1.94. The lowest BCUT2D eigenvalue weighted by Crippen LogP contribution is -2.22. The maximum Gasteiger partial charge on any atom is 0.407 e. The zero-order chi connectivity index (χ0) is 16.2. The molecule has 118 valence electrons. The van der Waals surface area contributed by atoms with Crippen molar-refractivity contribution in [3.63, 3.8) is 0 Å². The van der Waals surface area contributed by atoms with E-state index in [1.54, 1.807) is 12.4 Å². The number of amides is 1. The van der Waals surface area contributed by atoms with E-state index in [1.807, 2.05) is 37.3 Å². The van der Waals surface area contributed by atoms with Gasteiger partial charge in [0.05, 0.1) is 25.2 Å². The number of pyridine rings is 1. The molecule has 6 nitrogen and oxygen atoms in total. The summed E-state index contributed by atoms with van der Waals surface area (Å²) in [5, 5.41) is 3.49. The van der Waals surface area contributed by atoms with Gasteiger partial charge in [-0.1, -0.05) is 6.07 Å². The van der Waals surface area contributed by atoms with E-state index in [1.165, 1.54) is 7.11 Å². The lowest BCUT2D eigenvalue weighted by molar-refractivity contribution is 0.169. The molecule has 1 amide bonds. The molecule has 6 heteroatoms. The van der Waals surface area contributed by atoms with Crippen molar-refractivity contribution in [1.29, 1.82) is 0 Å². The Labute approximate surface area is 133 Å². The van der Waals surface area contributed by atoms with Crippen molar-refractivity contribution in [2.75, 3.05) is 7.11 Å². The third-order valence-electron chi connectivity index (χ3n) is 3.46. The van der Waals surface area contributed by atoms with Gasteiger partial charge in [0, 0.05) is 11.8 Å². The molecule has 0 aliphatic heterocycles. The maximum absolute atomic E-state index is 11.2. The first-order valence-corrected chi connectivity index (χ1v) is 7.09. The molecule has 0 spiro atoms. The number of hydrogen-bond acceptors (Lipinski definition) is 5. The van der Waals surface area contributed by atoms with Gasteiger partial charge < -0.3 is 19.2 Å². The fourth-order valence-corrected chi connectivity index (χ4v) is 2.33.